The van der Waals surface area contributed by atoms with Crippen LogP contribution in [0.15, 0.2) is 18.2 Å². The molecule has 0 aromatic heterocycles. The molecule has 2 rings (SSSR count). The lowest BCUT2D eigenvalue weighted by atomic mass is 10.2. The molecule has 0 fully saturated rings. The Morgan fingerprint density at radius 3 is 2.63 bits per heavy atom. The lowest BCUT2D eigenvalue weighted by Crippen LogP contribution is -3.00. The maximum Gasteiger partial charge on any atom is 0.338 e. The molecule has 0 amide bonds. The van der Waals surface area contributed by atoms with Gasteiger partial charge >= 0.3 is 5.97 Å². The Bertz CT molecular complexity index is 437. The Balaban J connectivity index is 0.00000180. The van der Waals surface area contributed by atoms with Crippen LogP contribution in [0, 0.1) is 0 Å². The van der Waals surface area contributed by atoms with Crippen molar-refractivity contribution in [3.8, 4) is 11.5 Å². The first kappa shape index (κ1) is 15.6. The Labute approximate surface area is 118 Å². The van der Waals surface area contributed by atoms with Gasteiger partial charge in [0.05, 0.1) is 5.56 Å². The van der Waals surface area contributed by atoms with Gasteiger partial charge in [0.25, 0.3) is 0 Å². The van der Waals surface area contributed by atoms with Crippen LogP contribution in [-0.2, 0) is 4.74 Å². The molecule has 1 aliphatic rings. The summed E-state index contributed by atoms with van der Waals surface area (Å²) in [7, 11) is 3.86. The van der Waals surface area contributed by atoms with Gasteiger partial charge in [0, 0.05) is 6.54 Å². The van der Waals surface area contributed by atoms with E-state index in [0.717, 1.165) is 0 Å². The number of nitrogens with zero attached hydrogens (tertiary/aromatic N) is 1. The largest absolute Gasteiger partial charge is 1.00 e. The molecule has 0 spiro atoms. The first-order valence-electron chi connectivity index (χ1n) is 5.88. The van der Waals surface area contributed by atoms with E-state index >= 15 is 0 Å². The number of carbonyl (C=O) groups excluding carboxylic acids is 1. The molecule has 1 aliphatic heterocycles. The van der Waals surface area contributed by atoms with E-state index in [1.54, 1.807) is 18.2 Å². The van der Waals surface area contributed by atoms with Crippen molar-refractivity contribution >= 4 is 5.97 Å². The third kappa shape index (κ3) is 4.29. The van der Waals surface area contributed by atoms with Crippen molar-refractivity contribution in [1.82, 2.24) is 4.90 Å². The van der Waals surface area contributed by atoms with Gasteiger partial charge in [0.2, 0.25) is 0 Å². The molecule has 1 aromatic carbocycles. The zero-order chi connectivity index (χ0) is 13.0. The molecule has 5 nitrogen and oxygen atoms in total. The number of hydrogen-bond acceptors (Lipinski definition) is 5. The van der Waals surface area contributed by atoms with Gasteiger partial charge in [-0.15, -0.1) is 0 Å². The Kier molecular flexibility index (Phi) is 5.92. The molecule has 1 heterocycles. The second-order valence-corrected chi connectivity index (χ2v) is 4.30. The molecular weight excluding hydrogens is 270 g/mol. The van der Waals surface area contributed by atoms with Crippen LogP contribution in [0.4, 0.5) is 0 Å². The predicted octanol–water partition coefficient (Wildman–Crippen LogP) is -1.82. The van der Waals surface area contributed by atoms with Crippen molar-refractivity contribution in [3.63, 3.8) is 0 Å². The monoisotopic (exact) mass is 286 g/mol. The van der Waals surface area contributed by atoms with Gasteiger partial charge < -0.3 is 31.5 Å². The molecule has 0 N–H and O–H groups in total. The molecular formula is C13H17ClNO4-. The summed E-state index contributed by atoms with van der Waals surface area (Å²) in [6, 6.07) is 5.08. The van der Waals surface area contributed by atoms with Gasteiger partial charge in [-0.05, 0) is 32.3 Å². The Hall–Kier alpha value is -1.46. The molecule has 6 heteroatoms. The van der Waals surface area contributed by atoms with Crippen LogP contribution in [0.3, 0.4) is 0 Å². The normalized spacial score (nSPS) is 12.8. The van der Waals surface area contributed by atoms with Crippen molar-refractivity contribution in [2.45, 2.75) is 0 Å². The molecule has 106 valence electrons. The van der Waals surface area contributed by atoms with Gasteiger partial charge in [-0.25, -0.2) is 4.79 Å². The summed E-state index contributed by atoms with van der Waals surface area (Å²) in [5, 5.41) is 0. The van der Waals surface area contributed by atoms with E-state index in [-0.39, 0.29) is 18.4 Å². The second-order valence-electron chi connectivity index (χ2n) is 4.30. The summed E-state index contributed by atoms with van der Waals surface area (Å²) in [4.78, 5) is 13.7. The molecule has 0 atom stereocenters. The average molecular weight is 287 g/mol. The summed E-state index contributed by atoms with van der Waals surface area (Å²) in [5.41, 5.74) is 0.484. The average Bonchev–Trinajstić information content (AvgIpc) is 2.37. The van der Waals surface area contributed by atoms with Gasteiger partial charge in [0.15, 0.2) is 11.5 Å². The minimum absolute atomic E-state index is 0. The highest BCUT2D eigenvalue weighted by atomic mass is 35.5. The van der Waals surface area contributed by atoms with E-state index in [4.69, 9.17) is 14.2 Å². The van der Waals surface area contributed by atoms with E-state index in [1.807, 2.05) is 19.0 Å². The van der Waals surface area contributed by atoms with E-state index in [1.165, 1.54) is 0 Å². The number of benzene rings is 1. The molecule has 19 heavy (non-hydrogen) atoms. The van der Waals surface area contributed by atoms with Crippen molar-refractivity contribution < 1.29 is 31.4 Å². The standard InChI is InChI=1S/C13H17NO4.ClH/c1-14(2)5-6-18-13(15)10-3-4-11-12(9-10)17-8-7-16-11;/h3-4,9H,5-8H2,1-2H3;1H/p-1. The number of halogens is 1. The van der Waals surface area contributed by atoms with Crippen molar-refractivity contribution in [1.29, 1.82) is 0 Å². The Morgan fingerprint density at radius 1 is 1.26 bits per heavy atom. The number of rotatable bonds is 4. The number of likely N-dealkylation sites (N-methyl/N-ethyl adjacent to an activating group) is 1. The van der Waals surface area contributed by atoms with E-state index in [9.17, 15) is 4.79 Å². The number of ether oxygens (including phenoxy) is 3. The highest BCUT2D eigenvalue weighted by Crippen LogP contribution is 2.30. The topological polar surface area (TPSA) is 48.0 Å². The molecule has 0 bridgehead atoms. The quantitative estimate of drug-likeness (QED) is 0.610. The van der Waals surface area contributed by atoms with Gasteiger partial charge in [-0.1, -0.05) is 0 Å². The molecule has 0 radical (unpaired) electrons. The van der Waals surface area contributed by atoms with Crippen molar-refractivity contribution in [2.75, 3.05) is 40.5 Å². The van der Waals surface area contributed by atoms with Gasteiger partial charge in [-0.3, -0.25) is 0 Å². The summed E-state index contributed by atoms with van der Waals surface area (Å²) in [6.45, 7) is 2.13. The van der Waals surface area contributed by atoms with Crippen LogP contribution >= 0.6 is 0 Å². The van der Waals surface area contributed by atoms with Crippen molar-refractivity contribution in [2.24, 2.45) is 0 Å². The number of carbonyl (C=O) groups is 1. The molecule has 0 saturated heterocycles. The summed E-state index contributed by atoms with van der Waals surface area (Å²) in [5.74, 6) is 0.934. The zero-order valence-electron chi connectivity index (χ0n) is 11.0. The maximum absolute atomic E-state index is 11.8. The number of hydrogen-bond donors (Lipinski definition) is 0. The third-order valence-electron chi connectivity index (χ3n) is 2.55. The second kappa shape index (κ2) is 7.21. The molecule has 0 unspecified atom stereocenters. The SMILES string of the molecule is CN(C)CCOC(=O)c1ccc2c(c1)OCCO2.[Cl-]. The predicted molar refractivity (Wildman–Crippen MR) is 66.3 cm³/mol. The minimum atomic E-state index is -0.339. The fourth-order valence-corrected chi connectivity index (χ4v) is 1.57. The fourth-order valence-electron chi connectivity index (χ4n) is 1.57. The Morgan fingerprint density at radius 2 is 1.95 bits per heavy atom. The minimum Gasteiger partial charge on any atom is -1.00 e. The highest BCUT2D eigenvalue weighted by Gasteiger charge is 2.15. The zero-order valence-corrected chi connectivity index (χ0v) is 11.8. The van der Waals surface area contributed by atoms with E-state index in [2.05, 4.69) is 0 Å². The van der Waals surface area contributed by atoms with E-state index in [0.29, 0.717) is 43.4 Å². The summed E-state index contributed by atoms with van der Waals surface area (Å²) in [6.07, 6.45) is 0. The molecule has 1 aromatic rings. The highest BCUT2D eigenvalue weighted by molar-refractivity contribution is 5.90. The first-order chi connectivity index (χ1) is 8.66. The smallest absolute Gasteiger partial charge is 0.338 e. The van der Waals surface area contributed by atoms with Crippen LogP contribution in [0.5, 0.6) is 11.5 Å². The van der Waals surface area contributed by atoms with Crippen molar-refractivity contribution in [3.05, 3.63) is 23.8 Å². The van der Waals surface area contributed by atoms with Crippen LogP contribution < -0.4 is 21.9 Å². The molecule has 0 saturated carbocycles. The fraction of sp³-hybridized carbons (Fsp3) is 0.462. The molecule has 0 aliphatic carbocycles. The van der Waals surface area contributed by atoms with Crippen LogP contribution in [0.25, 0.3) is 0 Å². The van der Waals surface area contributed by atoms with Gasteiger partial charge in [-0.2, -0.15) is 0 Å². The number of esters is 1. The first-order valence-corrected chi connectivity index (χ1v) is 5.88. The lowest BCUT2D eigenvalue weighted by Gasteiger charge is -2.18. The van der Waals surface area contributed by atoms with E-state index < -0.39 is 0 Å². The van der Waals surface area contributed by atoms with Gasteiger partial charge in [0.1, 0.15) is 19.8 Å². The van der Waals surface area contributed by atoms with Crippen LogP contribution in [-0.4, -0.2) is 51.3 Å². The summed E-state index contributed by atoms with van der Waals surface area (Å²) < 4.78 is 16.0. The number of fused-ring (bicyclic) bond motifs is 1. The van der Waals surface area contributed by atoms with Crippen LogP contribution in [0.1, 0.15) is 10.4 Å². The summed E-state index contributed by atoms with van der Waals surface area (Å²) >= 11 is 0. The lowest BCUT2D eigenvalue weighted by molar-refractivity contribution is -0.0000235. The van der Waals surface area contributed by atoms with Crippen LogP contribution in [0.2, 0.25) is 0 Å². The third-order valence-corrected chi connectivity index (χ3v) is 2.55. The maximum atomic E-state index is 11.8.